The molecule has 0 spiro atoms. The first-order valence-electron chi connectivity index (χ1n) is 10.6. The summed E-state index contributed by atoms with van der Waals surface area (Å²) >= 11 is 0. The van der Waals surface area contributed by atoms with Crippen molar-refractivity contribution in [2.24, 2.45) is 0 Å². The van der Waals surface area contributed by atoms with Gasteiger partial charge in [-0.1, -0.05) is 22.4 Å². The van der Waals surface area contributed by atoms with Crippen molar-refractivity contribution in [3.05, 3.63) is 102 Å². The Kier molecular flexibility index (Phi) is 6.07. The van der Waals surface area contributed by atoms with Gasteiger partial charge in [-0.25, -0.2) is 0 Å². The van der Waals surface area contributed by atoms with Gasteiger partial charge in [0.15, 0.2) is 22.9 Å². The number of carbonyl (C=O) groups excluding carboxylic acids is 2. The molecule has 0 unspecified atom stereocenters. The summed E-state index contributed by atoms with van der Waals surface area (Å²) < 4.78 is 10.5. The number of amides is 2. The lowest BCUT2D eigenvalue weighted by Crippen LogP contribution is -2.23. The molecule has 2 amide bonds. The topological polar surface area (TPSA) is 136 Å². The Hall–Kier alpha value is -5.12. The summed E-state index contributed by atoms with van der Waals surface area (Å²) in [6.45, 7) is 0.229. The molecular formula is C25H18N6O4. The van der Waals surface area contributed by atoms with E-state index in [1.165, 1.54) is 0 Å². The smallest absolute Gasteiger partial charge is 0.277 e. The SMILES string of the molecule is O=C(NCc1cccc(NC(=O)c2cc(-c3cccnc3)on2)c1)c1cc(-c2cccnc2)on1. The second-order valence-corrected chi connectivity index (χ2v) is 7.47. The van der Waals surface area contributed by atoms with Gasteiger partial charge >= 0.3 is 0 Å². The zero-order valence-corrected chi connectivity index (χ0v) is 18.2. The Bertz CT molecular complexity index is 1460. The number of carbonyl (C=O) groups is 2. The van der Waals surface area contributed by atoms with E-state index in [9.17, 15) is 9.59 Å². The number of anilines is 1. The molecule has 0 aliphatic rings. The molecule has 0 radical (unpaired) electrons. The minimum absolute atomic E-state index is 0.137. The number of pyridine rings is 2. The molecular weight excluding hydrogens is 448 g/mol. The summed E-state index contributed by atoms with van der Waals surface area (Å²) in [6.07, 6.45) is 6.54. The van der Waals surface area contributed by atoms with Crippen molar-refractivity contribution in [3.63, 3.8) is 0 Å². The van der Waals surface area contributed by atoms with Crippen molar-refractivity contribution in [1.29, 1.82) is 0 Å². The van der Waals surface area contributed by atoms with Crippen LogP contribution in [-0.2, 0) is 6.54 Å². The van der Waals surface area contributed by atoms with Gasteiger partial charge < -0.3 is 19.7 Å². The first-order chi connectivity index (χ1) is 17.2. The third-order valence-corrected chi connectivity index (χ3v) is 5.02. The Morgan fingerprint density at radius 3 is 1.97 bits per heavy atom. The molecule has 0 saturated heterocycles. The molecule has 0 aliphatic heterocycles. The van der Waals surface area contributed by atoms with Crippen LogP contribution in [0.1, 0.15) is 26.5 Å². The van der Waals surface area contributed by atoms with Crippen LogP contribution < -0.4 is 10.6 Å². The van der Waals surface area contributed by atoms with Crippen LogP contribution in [0.4, 0.5) is 5.69 Å². The molecule has 0 fully saturated rings. The number of hydrogen-bond acceptors (Lipinski definition) is 8. The second-order valence-electron chi connectivity index (χ2n) is 7.47. The van der Waals surface area contributed by atoms with Crippen LogP contribution in [0.3, 0.4) is 0 Å². The third-order valence-electron chi connectivity index (χ3n) is 5.02. The van der Waals surface area contributed by atoms with E-state index in [0.717, 1.165) is 16.7 Å². The van der Waals surface area contributed by atoms with Gasteiger partial charge in [0.25, 0.3) is 11.8 Å². The molecule has 35 heavy (non-hydrogen) atoms. The summed E-state index contributed by atoms with van der Waals surface area (Å²) in [4.78, 5) is 33.1. The van der Waals surface area contributed by atoms with Crippen molar-refractivity contribution < 1.29 is 18.6 Å². The van der Waals surface area contributed by atoms with Gasteiger partial charge in [-0.15, -0.1) is 0 Å². The van der Waals surface area contributed by atoms with Gasteiger partial charge in [-0.3, -0.25) is 19.6 Å². The van der Waals surface area contributed by atoms with Crippen molar-refractivity contribution >= 4 is 17.5 Å². The van der Waals surface area contributed by atoms with Crippen LogP contribution in [0, 0.1) is 0 Å². The number of aromatic nitrogens is 4. The van der Waals surface area contributed by atoms with E-state index < -0.39 is 5.91 Å². The van der Waals surface area contributed by atoms with E-state index >= 15 is 0 Å². The number of nitrogens with one attached hydrogen (secondary N) is 2. The Morgan fingerprint density at radius 1 is 0.743 bits per heavy atom. The highest BCUT2D eigenvalue weighted by molar-refractivity contribution is 6.03. The van der Waals surface area contributed by atoms with E-state index in [-0.39, 0.29) is 23.8 Å². The normalized spacial score (nSPS) is 10.6. The monoisotopic (exact) mass is 466 g/mol. The highest BCUT2D eigenvalue weighted by atomic mass is 16.5. The largest absolute Gasteiger partial charge is 0.355 e. The molecule has 172 valence electrons. The molecule has 10 heteroatoms. The molecule has 10 nitrogen and oxygen atoms in total. The quantitative estimate of drug-likeness (QED) is 0.368. The molecule has 2 N–H and O–H groups in total. The van der Waals surface area contributed by atoms with Crippen LogP contribution >= 0.6 is 0 Å². The molecule has 0 bridgehead atoms. The third kappa shape index (κ3) is 5.11. The van der Waals surface area contributed by atoms with Crippen LogP contribution in [0.25, 0.3) is 22.6 Å². The Labute approximate surface area is 199 Å². The van der Waals surface area contributed by atoms with Crippen LogP contribution in [0.2, 0.25) is 0 Å². The van der Waals surface area contributed by atoms with Crippen molar-refractivity contribution in [2.45, 2.75) is 6.54 Å². The molecule has 0 atom stereocenters. The molecule has 0 saturated carbocycles. The van der Waals surface area contributed by atoms with Crippen LogP contribution in [0.5, 0.6) is 0 Å². The number of rotatable bonds is 7. The van der Waals surface area contributed by atoms with Gasteiger partial charge in [-0.05, 0) is 42.0 Å². The number of nitrogens with zero attached hydrogens (tertiary/aromatic N) is 4. The van der Waals surface area contributed by atoms with Crippen LogP contribution in [-0.4, -0.2) is 32.1 Å². The van der Waals surface area contributed by atoms with Crippen LogP contribution in [0.15, 0.2) is 94.5 Å². The lowest BCUT2D eigenvalue weighted by molar-refractivity contribution is 0.0941. The van der Waals surface area contributed by atoms with E-state index in [1.807, 2.05) is 18.2 Å². The average Bonchev–Trinajstić information content (AvgIpc) is 3.60. The number of hydrogen-bond donors (Lipinski definition) is 2. The molecule has 1 aromatic carbocycles. The maximum atomic E-state index is 12.6. The highest BCUT2D eigenvalue weighted by Crippen LogP contribution is 2.21. The summed E-state index contributed by atoms with van der Waals surface area (Å²) in [5.74, 6) is 0.0891. The Morgan fingerprint density at radius 2 is 1.37 bits per heavy atom. The predicted molar refractivity (Wildman–Crippen MR) is 125 cm³/mol. The zero-order valence-electron chi connectivity index (χ0n) is 18.2. The zero-order chi connectivity index (χ0) is 24.0. The van der Waals surface area contributed by atoms with Gasteiger partial charge in [0.2, 0.25) is 0 Å². The number of benzene rings is 1. The van der Waals surface area contributed by atoms with Gasteiger partial charge in [0, 0.05) is 60.3 Å². The minimum Gasteiger partial charge on any atom is -0.355 e. The van der Waals surface area contributed by atoms with Crippen molar-refractivity contribution in [3.8, 4) is 22.6 Å². The molecule has 5 aromatic rings. The fourth-order valence-electron chi connectivity index (χ4n) is 3.28. The highest BCUT2D eigenvalue weighted by Gasteiger charge is 2.16. The van der Waals surface area contributed by atoms with E-state index in [2.05, 4.69) is 30.9 Å². The molecule has 4 aromatic heterocycles. The van der Waals surface area contributed by atoms with E-state index in [1.54, 1.807) is 67.3 Å². The van der Waals surface area contributed by atoms with Gasteiger partial charge in [-0.2, -0.15) is 0 Å². The first-order valence-corrected chi connectivity index (χ1v) is 10.6. The van der Waals surface area contributed by atoms with E-state index in [4.69, 9.17) is 9.05 Å². The van der Waals surface area contributed by atoms with Gasteiger partial charge in [0.1, 0.15) is 0 Å². The van der Waals surface area contributed by atoms with Crippen molar-refractivity contribution in [2.75, 3.05) is 5.32 Å². The molecule has 5 rings (SSSR count). The predicted octanol–water partition coefficient (Wildman–Crippen LogP) is 3.97. The van der Waals surface area contributed by atoms with E-state index in [0.29, 0.717) is 17.2 Å². The Balaban J connectivity index is 1.20. The summed E-state index contributed by atoms with van der Waals surface area (Å²) in [6, 6.07) is 17.4. The maximum Gasteiger partial charge on any atom is 0.277 e. The van der Waals surface area contributed by atoms with Gasteiger partial charge in [0.05, 0.1) is 0 Å². The van der Waals surface area contributed by atoms with Crippen molar-refractivity contribution in [1.82, 2.24) is 25.6 Å². The summed E-state index contributed by atoms with van der Waals surface area (Å²) in [5.41, 5.74) is 3.07. The average molecular weight is 466 g/mol. The minimum atomic E-state index is -0.421. The second kappa shape index (κ2) is 9.79. The summed E-state index contributed by atoms with van der Waals surface area (Å²) in [5, 5.41) is 13.2. The first kappa shape index (κ1) is 21.7. The summed E-state index contributed by atoms with van der Waals surface area (Å²) in [7, 11) is 0. The molecule has 4 heterocycles. The fraction of sp³-hybridized carbons (Fsp3) is 0.0400. The lowest BCUT2D eigenvalue weighted by Gasteiger charge is -2.07. The fourth-order valence-corrected chi connectivity index (χ4v) is 3.28. The standard InChI is InChI=1S/C25H18N6O4/c32-24(20-11-22(34-30-20)17-5-2-8-26-14-17)28-13-16-4-1-7-19(10-16)29-25(33)21-12-23(35-31-21)18-6-3-9-27-15-18/h1-12,14-15H,13H2,(H,28,32)(H,29,33). The maximum absolute atomic E-state index is 12.6. The molecule has 0 aliphatic carbocycles. The lowest BCUT2D eigenvalue weighted by atomic mass is 10.2.